The first-order chi connectivity index (χ1) is 10.6. The molecule has 3 nitrogen and oxygen atoms in total. The van der Waals surface area contributed by atoms with Gasteiger partial charge < -0.3 is 10.1 Å². The summed E-state index contributed by atoms with van der Waals surface area (Å²) in [6.07, 6.45) is 0. The number of hydrogen-bond donors (Lipinski definition) is 1. The van der Waals surface area contributed by atoms with Crippen LogP contribution < -0.4 is 10.1 Å². The van der Waals surface area contributed by atoms with Gasteiger partial charge in [-0.15, -0.1) is 0 Å². The van der Waals surface area contributed by atoms with Crippen molar-refractivity contribution in [2.45, 2.75) is 26.7 Å². The first-order valence-corrected chi connectivity index (χ1v) is 7.58. The zero-order valence-corrected chi connectivity index (χ0v) is 13.4. The molecule has 0 radical (unpaired) electrons. The predicted molar refractivity (Wildman–Crippen MR) is 89.3 cm³/mol. The fraction of sp³-hybridized carbons (Fsp3) is 0.316. The Morgan fingerprint density at radius 3 is 2.32 bits per heavy atom. The monoisotopic (exact) mass is 297 g/mol. The Balaban J connectivity index is 1.81. The molecule has 0 spiro atoms. The molecular formula is C19H23NO2. The molecule has 2 aromatic carbocycles. The van der Waals surface area contributed by atoms with E-state index in [-0.39, 0.29) is 18.4 Å². The maximum atomic E-state index is 11.9. The van der Waals surface area contributed by atoms with Gasteiger partial charge in [0, 0.05) is 6.54 Å². The third-order valence-corrected chi connectivity index (χ3v) is 3.73. The highest BCUT2D eigenvalue weighted by atomic mass is 16.5. The minimum absolute atomic E-state index is 0.0488. The van der Waals surface area contributed by atoms with E-state index in [2.05, 4.69) is 24.4 Å². The second-order valence-electron chi connectivity index (χ2n) is 5.63. The summed E-state index contributed by atoms with van der Waals surface area (Å²) < 4.78 is 5.66. The zero-order valence-electron chi connectivity index (χ0n) is 13.4. The van der Waals surface area contributed by atoms with E-state index in [0.29, 0.717) is 6.54 Å². The van der Waals surface area contributed by atoms with Crippen LogP contribution >= 0.6 is 0 Å². The molecule has 1 N–H and O–H groups in total. The van der Waals surface area contributed by atoms with Crippen LogP contribution in [0, 0.1) is 13.8 Å². The van der Waals surface area contributed by atoms with Crippen molar-refractivity contribution in [2.24, 2.45) is 0 Å². The summed E-state index contributed by atoms with van der Waals surface area (Å²) in [5.74, 6) is 0.990. The molecule has 0 aliphatic heterocycles. The first kappa shape index (κ1) is 16.1. The van der Waals surface area contributed by atoms with E-state index in [1.165, 1.54) is 5.56 Å². The SMILES string of the molecule is Cc1cccc(C)c1OCC(=O)NC[C@@H](C)c1ccccc1. The molecule has 0 bridgehead atoms. The number of carbonyl (C=O) groups is 1. The van der Waals surface area contributed by atoms with Gasteiger partial charge in [0.05, 0.1) is 0 Å². The normalized spacial score (nSPS) is 11.8. The second-order valence-corrected chi connectivity index (χ2v) is 5.63. The number of carbonyl (C=O) groups excluding carboxylic acids is 1. The van der Waals surface area contributed by atoms with Gasteiger partial charge in [0.2, 0.25) is 0 Å². The van der Waals surface area contributed by atoms with Gasteiger partial charge in [-0.05, 0) is 36.5 Å². The maximum absolute atomic E-state index is 11.9. The Morgan fingerprint density at radius 2 is 1.68 bits per heavy atom. The van der Waals surface area contributed by atoms with Crippen molar-refractivity contribution in [3.63, 3.8) is 0 Å². The Kier molecular flexibility index (Phi) is 5.59. The number of amides is 1. The van der Waals surface area contributed by atoms with Crippen molar-refractivity contribution in [2.75, 3.05) is 13.2 Å². The lowest BCUT2D eigenvalue weighted by molar-refractivity contribution is -0.123. The molecule has 2 aromatic rings. The summed E-state index contributed by atoms with van der Waals surface area (Å²) in [5.41, 5.74) is 3.31. The third-order valence-electron chi connectivity index (χ3n) is 3.73. The molecule has 0 aliphatic carbocycles. The number of benzene rings is 2. The van der Waals surface area contributed by atoms with Crippen LogP contribution in [0.5, 0.6) is 5.75 Å². The minimum atomic E-state index is -0.0922. The van der Waals surface area contributed by atoms with Crippen molar-refractivity contribution in [3.05, 3.63) is 65.2 Å². The molecular weight excluding hydrogens is 274 g/mol. The van der Waals surface area contributed by atoms with Crippen LogP contribution in [-0.2, 0) is 4.79 Å². The van der Waals surface area contributed by atoms with Gasteiger partial charge in [-0.3, -0.25) is 4.79 Å². The highest BCUT2D eigenvalue weighted by Crippen LogP contribution is 2.22. The van der Waals surface area contributed by atoms with Crippen LogP contribution in [0.1, 0.15) is 29.5 Å². The molecule has 0 heterocycles. The van der Waals surface area contributed by atoms with E-state index in [4.69, 9.17) is 4.74 Å². The van der Waals surface area contributed by atoms with E-state index < -0.39 is 0 Å². The van der Waals surface area contributed by atoms with Crippen molar-refractivity contribution in [3.8, 4) is 5.75 Å². The van der Waals surface area contributed by atoms with E-state index in [1.807, 2.05) is 50.2 Å². The largest absolute Gasteiger partial charge is 0.483 e. The summed E-state index contributed by atoms with van der Waals surface area (Å²) in [6.45, 7) is 6.73. The van der Waals surface area contributed by atoms with Crippen LogP contribution in [0.15, 0.2) is 48.5 Å². The molecule has 0 aliphatic rings. The average Bonchev–Trinajstić information content (AvgIpc) is 2.53. The number of aryl methyl sites for hydroxylation is 2. The smallest absolute Gasteiger partial charge is 0.257 e. The molecule has 0 saturated heterocycles. The summed E-state index contributed by atoms with van der Waals surface area (Å²) >= 11 is 0. The molecule has 1 amide bonds. The Hall–Kier alpha value is -2.29. The summed E-state index contributed by atoms with van der Waals surface area (Å²) in [7, 11) is 0. The fourth-order valence-corrected chi connectivity index (χ4v) is 2.38. The van der Waals surface area contributed by atoms with Gasteiger partial charge in [0.25, 0.3) is 5.91 Å². The molecule has 0 aromatic heterocycles. The lowest BCUT2D eigenvalue weighted by Crippen LogP contribution is -2.32. The van der Waals surface area contributed by atoms with E-state index >= 15 is 0 Å². The van der Waals surface area contributed by atoms with Crippen LogP contribution in [0.4, 0.5) is 0 Å². The minimum Gasteiger partial charge on any atom is -0.483 e. The maximum Gasteiger partial charge on any atom is 0.257 e. The number of ether oxygens (including phenoxy) is 1. The van der Waals surface area contributed by atoms with Gasteiger partial charge in [0.15, 0.2) is 6.61 Å². The molecule has 0 fully saturated rings. The summed E-state index contributed by atoms with van der Waals surface area (Å²) in [5, 5.41) is 2.93. The van der Waals surface area contributed by atoms with Crippen LogP contribution in [0.2, 0.25) is 0 Å². The Labute approximate surface area is 132 Å². The van der Waals surface area contributed by atoms with Gasteiger partial charge in [-0.25, -0.2) is 0 Å². The molecule has 0 saturated carbocycles. The number of nitrogens with one attached hydrogen (secondary N) is 1. The molecule has 2 rings (SSSR count). The fourth-order valence-electron chi connectivity index (χ4n) is 2.38. The van der Waals surface area contributed by atoms with Crippen molar-refractivity contribution in [1.29, 1.82) is 0 Å². The van der Waals surface area contributed by atoms with E-state index in [1.54, 1.807) is 0 Å². The zero-order chi connectivity index (χ0) is 15.9. The van der Waals surface area contributed by atoms with Gasteiger partial charge >= 0.3 is 0 Å². The first-order valence-electron chi connectivity index (χ1n) is 7.58. The molecule has 0 unspecified atom stereocenters. The molecule has 3 heteroatoms. The summed E-state index contributed by atoms with van der Waals surface area (Å²) in [6, 6.07) is 16.1. The lowest BCUT2D eigenvalue weighted by atomic mass is 10.0. The van der Waals surface area contributed by atoms with E-state index in [0.717, 1.165) is 16.9 Å². The number of hydrogen-bond acceptors (Lipinski definition) is 2. The van der Waals surface area contributed by atoms with Crippen LogP contribution in [-0.4, -0.2) is 19.1 Å². The van der Waals surface area contributed by atoms with Crippen molar-refractivity contribution in [1.82, 2.24) is 5.32 Å². The van der Waals surface area contributed by atoms with E-state index in [9.17, 15) is 4.79 Å². The highest BCUT2D eigenvalue weighted by Gasteiger charge is 2.09. The molecule has 1 atom stereocenters. The van der Waals surface area contributed by atoms with Crippen molar-refractivity contribution < 1.29 is 9.53 Å². The van der Waals surface area contributed by atoms with Crippen LogP contribution in [0.3, 0.4) is 0 Å². The second kappa shape index (κ2) is 7.64. The average molecular weight is 297 g/mol. The molecule has 116 valence electrons. The van der Waals surface area contributed by atoms with Crippen LogP contribution in [0.25, 0.3) is 0 Å². The highest BCUT2D eigenvalue weighted by molar-refractivity contribution is 5.77. The predicted octanol–water partition coefficient (Wildman–Crippen LogP) is 3.60. The Morgan fingerprint density at radius 1 is 1.05 bits per heavy atom. The number of para-hydroxylation sites is 1. The Bertz CT molecular complexity index is 602. The lowest BCUT2D eigenvalue weighted by Gasteiger charge is -2.14. The van der Waals surface area contributed by atoms with Gasteiger partial charge in [0.1, 0.15) is 5.75 Å². The topological polar surface area (TPSA) is 38.3 Å². The third kappa shape index (κ3) is 4.35. The van der Waals surface area contributed by atoms with Crippen molar-refractivity contribution >= 4 is 5.91 Å². The van der Waals surface area contributed by atoms with Gasteiger partial charge in [-0.1, -0.05) is 55.5 Å². The number of rotatable bonds is 6. The summed E-state index contributed by atoms with van der Waals surface area (Å²) in [4.78, 5) is 11.9. The van der Waals surface area contributed by atoms with Gasteiger partial charge in [-0.2, -0.15) is 0 Å². The molecule has 22 heavy (non-hydrogen) atoms. The quantitative estimate of drug-likeness (QED) is 0.884. The standard InChI is InChI=1S/C19H23NO2/c1-14-8-7-9-15(2)19(14)22-13-18(21)20-12-16(3)17-10-5-4-6-11-17/h4-11,16H,12-13H2,1-3H3,(H,20,21)/t16-/m1/s1.